The van der Waals surface area contributed by atoms with Gasteiger partial charge in [0.15, 0.2) is 0 Å². The topological polar surface area (TPSA) is 12.5 Å². The number of hydrogen-bond donors (Lipinski definition) is 0. The predicted molar refractivity (Wildman–Crippen MR) is 71.7 cm³/mol. The summed E-state index contributed by atoms with van der Waals surface area (Å²) < 4.78 is 5.20. The van der Waals surface area contributed by atoms with Crippen molar-refractivity contribution in [2.24, 2.45) is 0 Å². The lowest BCUT2D eigenvalue weighted by atomic mass is 9.89. The standard InChI is InChI=1S/C15H23NO/c1-12(2)16-10-8-14(9-11-16)13-4-6-15(17-3)7-5-13/h4-7,12,14H,8-11H2,1-3H3. The lowest BCUT2D eigenvalue weighted by Gasteiger charge is -2.34. The number of ether oxygens (including phenoxy) is 1. The minimum atomic E-state index is 0.687. The zero-order chi connectivity index (χ0) is 12.3. The molecule has 0 atom stereocenters. The molecule has 1 aromatic carbocycles. The van der Waals surface area contributed by atoms with Gasteiger partial charge in [0.05, 0.1) is 7.11 Å². The molecule has 0 radical (unpaired) electrons. The summed E-state index contributed by atoms with van der Waals surface area (Å²) in [5, 5.41) is 0. The van der Waals surface area contributed by atoms with Crippen molar-refractivity contribution in [1.82, 2.24) is 4.90 Å². The molecule has 0 amide bonds. The van der Waals surface area contributed by atoms with Crippen molar-refractivity contribution in [3.63, 3.8) is 0 Å². The Morgan fingerprint density at radius 1 is 1.12 bits per heavy atom. The van der Waals surface area contributed by atoms with Crippen LogP contribution in [-0.4, -0.2) is 31.1 Å². The van der Waals surface area contributed by atoms with E-state index in [4.69, 9.17) is 4.74 Å². The highest BCUT2D eigenvalue weighted by molar-refractivity contribution is 5.29. The average Bonchev–Trinajstić information content (AvgIpc) is 2.39. The van der Waals surface area contributed by atoms with E-state index in [0.29, 0.717) is 6.04 Å². The van der Waals surface area contributed by atoms with Crippen LogP contribution >= 0.6 is 0 Å². The summed E-state index contributed by atoms with van der Waals surface area (Å²) >= 11 is 0. The molecule has 1 fully saturated rings. The monoisotopic (exact) mass is 233 g/mol. The fourth-order valence-corrected chi connectivity index (χ4v) is 2.63. The number of benzene rings is 1. The van der Waals surface area contributed by atoms with E-state index in [9.17, 15) is 0 Å². The third-order valence-electron chi connectivity index (χ3n) is 3.85. The van der Waals surface area contributed by atoms with E-state index in [1.54, 1.807) is 7.11 Å². The van der Waals surface area contributed by atoms with Crippen LogP contribution in [0.1, 0.15) is 38.2 Å². The summed E-state index contributed by atoms with van der Waals surface area (Å²) in [6.45, 7) is 7.03. The molecule has 0 bridgehead atoms. The Balaban J connectivity index is 1.95. The van der Waals surface area contributed by atoms with Crippen LogP contribution < -0.4 is 4.74 Å². The first kappa shape index (κ1) is 12.4. The van der Waals surface area contributed by atoms with Crippen LogP contribution in [0.25, 0.3) is 0 Å². The van der Waals surface area contributed by atoms with Crippen LogP contribution in [0.15, 0.2) is 24.3 Å². The van der Waals surface area contributed by atoms with Crippen molar-refractivity contribution in [3.05, 3.63) is 29.8 Å². The van der Waals surface area contributed by atoms with Gasteiger partial charge in [-0.3, -0.25) is 0 Å². The third-order valence-corrected chi connectivity index (χ3v) is 3.85. The molecule has 0 N–H and O–H groups in total. The van der Waals surface area contributed by atoms with Gasteiger partial charge in [0.1, 0.15) is 5.75 Å². The molecule has 94 valence electrons. The van der Waals surface area contributed by atoms with Crippen molar-refractivity contribution < 1.29 is 4.74 Å². The normalized spacial score (nSPS) is 18.6. The molecule has 1 aromatic rings. The average molecular weight is 233 g/mol. The highest BCUT2D eigenvalue weighted by atomic mass is 16.5. The van der Waals surface area contributed by atoms with Crippen LogP contribution in [0.2, 0.25) is 0 Å². The van der Waals surface area contributed by atoms with Gasteiger partial charge in [-0.1, -0.05) is 12.1 Å². The SMILES string of the molecule is COc1ccc(C2CCN(C(C)C)CC2)cc1. The number of likely N-dealkylation sites (tertiary alicyclic amines) is 1. The summed E-state index contributed by atoms with van der Waals surface area (Å²) in [4.78, 5) is 2.57. The van der Waals surface area contributed by atoms with Crippen LogP contribution in [-0.2, 0) is 0 Å². The minimum Gasteiger partial charge on any atom is -0.497 e. The van der Waals surface area contributed by atoms with E-state index in [1.165, 1.54) is 31.5 Å². The van der Waals surface area contributed by atoms with Gasteiger partial charge in [-0.2, -0.15) is 0 Å². The molecule has 17 heavy (non-hydrogen) atoms. The first-order chi connectivity index (χ1) is 8.20. The van der Waals surface area contributed by atoms with Crippen molar-refractivity contribution in [3.8, 4) is 5.75 Å². The quantitative estimate of drug-likeness (QED) is 0.794. The molecule has 1 saturated heterocycles. The van der Waals surface area contributed by atoms with Crippen LogP contribution in [0.4, 0.5) is 0 Å². The molecule has 1 aliphatic heterocycles. The fraction of sp³-hybridized carbons (Fsp3) is 0.600. The second kappa shape index (κ2) is 5.54. The Labute approximate surface area is 105 Å². The van der Waals surface area contributed by atoms with Gasteiger partial charge >= 0.3 is 0 Å². The van der Waals surface area contributed by atoms with Crippen molar-refractivity contribution in [2.75, 3.05) is 20.2 Å². The van der Waals surface area contributed by atoms with E-state index in [-0.39, 0.29) is 0 Å². The van der Waals surface area contributed by atoms with Crippen LogP contribution in [0.5, 0.6) is 5.75 Å². The van der Waals surface area contributed by atoms with E-state index >= 15 is 0 Å². The molecule has 0 aliphatic carbocycles. The summed E-state index contributed by atoms with van der Waals surface area (Å²) in [5.74, 6) is 1.68. The van der Waals surface area contributed by atoms with E-state index in [2.05, 4.69) is 43.0 Å². The Kier molecular flexibility index (Phi) is 4.06. The minimum absolute atomic E-state index is 0.687. The lowest BCUT2D eigenvalue weighted by molar-refractivity contribution is 0.172. The van der Waals surface area contributed by atoms with Gasteiger partial charge in [0, 0.05) is 6.04 Å². The van der Waals surface area contributed by atoms with Gasteiger partial charge in [-0.25, -0.2) is 0 Å². The highest BCUT2D eigenvalue weighted by Crippen LogP contribution is 2.29. The molecule has 1 aliphatic rings. The summed E-state index contributed by atoms with van der Waals surface area (Å²) in [7, 11) is 1.72. The molecule has 2 heteroatoms. The van der Waals surface area contributed by atoms with E-state index < -0.39 is 0 Å². The van der Waals surface area contributed by atoms with Gasteiger partial charge in [-0.05, 0) is 63.4 Å². The van der Waals surface area contributed by atoms with Crippen molar-refractivity contribution in [2.45, 2.75) is 38.6 Å². The van der Waals surface area contributed by atoms with E-state index in [0.717, 1.165) is 11.7 Å². The lowest BCUT2D eigenvalue weighted by Crippen LogP contribution is -2.37. The van der Waals surface area contributed by atoms with Crippen LogP contribution in [0, 0.1) is 0 Å². The van der Waals surface area contributed by atoms with Crippen molar-refractivity contribution in [1.29, 1.82) is 0 Å². The smallest absolute Gasteiger partial charge is 0.118 e. The third kappa shape index (κ3) is 3.01. The first-order valence-corrected chi connectivity index (χ1v) is 6.58. The second-order valence-electron chi connectivity index (χ2n) is 5.18. The number of piperidine rings is 1. The Morgan fingerprint density at radius 2 is 1.71 bits per heavy atom. The maximum atomic E-state index is 5.20. The number of nitrogens with zero attached hydrogens (tertiary/aromatic N) is 1. The molecule has 0 aromatic heterocycles. The largest absolute Gasteiger partial charge is 0.497 e. The summed E-state index contributed by atoms with van der Waals surface area (Å²) in [6.07, 6.45) is 2.56. The summed E-state index contributed by atoms with van der Waals surface area (Å²) in [6, 6.07) is 9.27. The Hall–Kier alpha value is -1.02. The van der Waals surface area contributed by atoms with Crippen LogP contribution in [0.3, 0.4) is 0 Å². The van der Waals surface area contributed by atoms with Gasteiger partial charge < -0.3 is 9.64 Å². The number of rotatable bonds is 3. The molecule has 1 heterocycles. The summed E-state index contributed by atoms with van der Waals surface area (Å²) in [5.41, 5.74) is 1.47. The first-order valence-electron chi connectivity index (χ1n) is 6.58. The maximum absolute atomic E-state index is 5.20. The number of methoxy groups -OCH3 is 1. The van der Waals surface area contributed by atoms with E-state index in [1.807, 2.05) is 0 Å². The molecule has 0 saturated carbocycles. The molecule has 2 rings (SSSR count). The zero-order valence-corrected chi connectivity index (χ0v) is 11.1. The number of hydrogen-bond acceptors (Lipinski definition) is 2. The molecule has 0 unspecified atom stereocenters. The maximum Gasteiger partial charge on any atom is 0.118 e. The highest BCUT2D eigenvalue weighted by Gasteiger charge is 2.21. The zero-order valence-electron chi connectivity index (χ0n) is 11.1. The molecule has 0 spiro atoms. The predicted octanol–water partition coefficient (Wildman–Crippen LogP) is 3.28. The van der Waals surface area contributed by atoms with Gasteiger partial charge in [0.25, 0.3) is 0 Å². The Morgan fingerprint density at radius 3 is 2.18 bits per heavy atom. The molecular formula is C15H23NO. The van der Waals surface area contributed by atoms with Gasteiger partial charge in [-0.15, -0.1) is 0 Å². The molecular weight excluding hydrogens is 210 g/mol. The second-order valence-corrected chi connectivity index (χ2v) is 5.18. The fourth-order valence-electron chi connectivity index (χ4n) is 2.63. The Bertz CT molecular complexity index is 336. The van der Waals surface area contributed by atoms with Crippen molar-refractivity contribution >= 4 is 0 Å². The van der Waals surface area contributed by atoms with Gasteiger partial charge in [0.2, 0.25) is 0 Å². The molecule has 2 nitrogen and oxygen atoms in total.